The molecule has 0 aliphatic heterocycles. The number of imidazole rings is 1. The zero-order valence-electron chi connectivity index (χ0n) is 12.5. The highest BCUT2D eigenvalue weighted by atomic mass is 32.2. The van der Waals surface area contributed by atoms with Gasteiger partial charge in [0.2, 0.25) is 5.91 Å². The fraction of sp³-hybridized carbons (Fsp3) is 0.375. The van der Waals surface area contributed by atoms with E-state index in [9.17, 15) is 14.3 Å². The maximum atomic E-state index is 12.9. The van der Waals surface area contributed by atoms with Crippen molar-refractivity contribution in [1.82, 2.24) is 14.9 Å². The summed E-state index contributed by atoms with van der Waals surface area (Å²) in [6, 6.07) is 6.60. The van der Waals surface area contributed by atoms with Gasteiger partial charge in [-0.1, -0.05) is 23.9 Å². The Balaban J connectivity index is 1.66. The van der Waals surface area contributed by atoms with Crippen LogP contribution in [0.15, 0.2) is 35.6 Å². The number of carbonyl (C=O) groups is 1. The third kappa shape index (κ3) is 4.33. The molecule has 0 spiro atoms. The van der Waals surface area contributed by atoms with Crippen molar-refractivity contribution in [2.24, 2.45) is 0 Å². The molecule has 0 atom stereocenters. The lowest BCUT2D eigenvalue weighted by atomic mass is 10.2. The maximum Gasteiger partial charge on any atom is 0.240 e. The van der Waals surface area contributed by atoms with E-state index in [2.05, 4.69) is 10.3 Å². The number of aromatic nitrogens is 2. The minimum atomic E-state index is -0.264. The molecule has 0 bridgehead atoms. The van der Waals surface area contributed by atoms with Gasteiger partial charge in [-0.05, 0) is 30.5 Å². The number of hydrogen-bond donors (Lipinski definition) is 2. The molecule has 7 heteroatoms. The molecule has 0 saturated heterocycles. The summed E-state index contributed by atoms with van der Waals surface area (Å²) in [6.45, 7) is -0.0149. The molecule has 1 aliphatic carbocycles. The summed E-state index contributed by atoms with van der Waals surface area (Å²) in [7, 11) is 0. The molecule has 0 radical (unpaired) electrons. The van der Waals surface area contributed by atoms with E-state index in [1.165, 1.54) is 23.9 Å². The number of amides is 1. The van der Waals surface area contributed by atoms with E-state index in [4.69, 9.17) is 0 Å². The van der Waals surface area contributed by atoms with Crippen LogP contribution in [-0.2, 0) is 23.7 Å². The Hall–Kier alpha value is -1.86. The quantitative estimate of drug-likeness (QED) is 0.760. The van der Waals surface area contributed by atoms with Crippen molar-refractivity contribution in [3.63, 3.8) is 0 Å². The molecule has 5 nitrogen and oxygen atoms in total. The van der Waals surface area contributed by atoms with Crippen LogP contribution in [0.1, 0.15) is 24.1 Å². The summed E-state index contributed by atoms with van der Waals surface area (Å²) in [6.07, 6.45) is 3.65. The van der Waals surface area contributed by atoms with Crippen LogP contribution in [-0.4, -0.2) is 26.6 Å². The summed E-state index contributed by atoms with van der Waals surface area (Å²) in [4.78, 5) is 16.3. The smallest absolute Gasteiger partial charge is 0.240 e. The van der Waals surface area contributed by atoms with Gasteiger partial charge in [-0.25, -0.2) is 9.37 Å². The van der Waals surface area contributed by atoms with E-state index >= 15 is 0 Å². The number of hydrogen-bond acceptors (Lipinski definition) is 4. The van der Waals surface area contributed by atoms with Crippen molar-refractivity contribution < 1.29 is 14.3 Å². The lowest BCUT2D eigenvalue weighted by Crippen LogP contribution is -2.30. The predicted molar refractivity (Wildman–Crippen MR) is 85.3 cm³/mol. The Morgan fingerprint density at radius 1 is 1.39 bits per heavy atom. The van der Waals surface area contributed by atoms with E-state index in [1.807, 2.05) is 0 Å². The van der Waals surface area contributed by atoms with Crippen molar-refractivity contribution in [2.75, 3.05) is 0 Å². The van der Waals surface area contributed by atoms with E-state index in [0.717, 1.165) is 18.4 Å². The fourth-order valence-electron chi connectivity index (χ4n) is 2.18. The van der Waals surface area contributed by atoms with Gasteiger partial charge in [0, 0.05) is 11.8 Å². The molecule has 122 valence electrons. The molecule has 0 unspecified atom stereocenters. The molecular weight excluding hydrogens is 317 g/mol. The highest BCUT2D eigenvalue weighted by Crippen LogP contribution is 2.24. The van der Waals surface area contributed by atoms with Crippen LogP contribution in [0, 0.1) is 5.82 Å². The average molecular weight is 335 g/mol. The highest BCUT2D eigenvalue weighted by molar-refractivity contribution is 7.98. The second-order valence-corrected chi connectivity index (χ2v) is 6.48. The number of benzene rings is 1. The average Bonchev–Trinajstić information content (AvgIpc) is 3.27. The zero-order valence-corrected chi connectivity index (χ0v) is 13.4. The van der Waals surface area contributed by atoms with E-state index in [-0.39, 0.29) is 24.9 Å². The van der Waals surface area contributed by atoms with Crippen LogP contribution in [0.2, 0.25) is 0 Å². The minimum absolute atomic E-state index is 0.0659. The van der Waals surface area contributed by atoms with Gasteiger partial charge in [0.25, 0.3) is 0 Å². The first-order chi connectivity index (χ1) is 11.2. The molecule has 23 heavy (non-hydrogen) atoms. The SMILES string of the molecule is O=C(Cn1c(CO)cnc1SCc1ccc(F)cc1)NC1CC1. The van der Waals surface area contributed by atoms with Gasteiger partial charge in [0.15, 0.2) is 5.16 Å². The number of aliphatic hydroxyl groups is 1. The van der Waals surface area contributed by atoms with Crippen molar-refractivity contribution in [3.8, 4) is 0 Å². The number of halogens is 1. The molecule has 1 heterocycles. The van der Waals surface area contributed by atoms with Gasteiger partial charge in [-0.15, -0.1) is 0 Å². The molecule has 1 saturated carbocycles. The summed E-state index contributed by atoms with van der Waals surface area (Å²) >= 11 is 1.46. The number of nitrogens with zero attached hydrogens (tertiary/aromatic N) is 2. The number of thioether (sulfide) groups is 1. The maximum absolute atomic E-state index is 12.9. The standard InChI is InChI=1S/C16H18FN3O2S/c17-12-3-1-11(2-4-12)10-23-16-18-7-14(9-21)20(16)8-15(22)19-13-5-6-13/h1-4,7,13,21H,5-6,8-10H2,(H,19,22). The van der Waals surface area contributed by atoms with Gasteiger partial charge in [-0.3, -0.25) is 4.79 Å². The van der Waals surface area contributed by atoms with Crippen LogP contribution >= 0.6 is 11.8 Å². The van der Waals surface area contributed by atoms with Gasteiger partial charge >= 0.3 is 0 Å². The minimum Gasteiger partial charge on any atom is -0.390 e. The van der Waals surface area contributed by atoms with Gasteiger partial charge in [0.05, 0.1) is 18.5 Å². The molecule has 1 aromatic carbocycles. The van der Waals surface area contributed by atoms with Crippen LogP contribution in [0.3, 0.4) is 0 Å². The monoisotopic (exact) mass is 335 g/mol. The Morgan fingerprint density at radius 3 is 2.78 bits per heavy atom. The lowest BCUT2D eigenvalue weighted by molar-refractivity contribution is -0.122. The van der Waals surface area contributed by atoms with Crippen LogP contribution < -0.4 is 5.32 Å². The Morgan fingerprint density at radius 2 is 2.13 bits per heavy atom. The van der Waals surface area contributed by atoms with Crippen LogP contribution in [0.25, 0.3) is 0 Å². The molecule has 1 fully saturated rings. The van der Waals surface area contributed by atoms with Crippen LogP contribution in [0.5, 0.6) is 0 Å². The molecular formula is C16H18FN3O2S. The Bertz CT molecular complexity index is 683. The van der Waals surface area contributed by atoms with Crippen molar-refractivity contribution >= 4 is 17.7 Å². The number of carbonyl (C=O) groups excluding carboxylic acids is 1. The topological polar surface area (TPSA) is 67.2 Å². The van der Waals surface area contributed by atoms with E-state index in [0.29, 0.717) is 22.6 Å². The van der Waals surface area contributed by atoms with Gasteiger partial charge in [-0.2, -0.15) is 0 Å². The van der Waals surface area contributed by atoms with Crippen molar-refractivity contribution in [2.45, 2.75) is 42.9 Å². The molecule has 1 aromatic heterocycles. The summed E-state index contributed by atoms with van der Waals surface area (Å²) in [5, 5.41) is 13.0. The fourth-order valence-corrected chi connectivity index (χ4v) is 3.13. The number of nitrogens with one attached hydrogen (secondary N) is 1. The number of rotatable bonds is 7. The predicted octanol–water partition coefficient (Wildman–Crippen LogP) is 2.09. The first-order valence-electron chi connectivity index (χ1n) is 7.47. The van der Waals surface area contributed by atoms with E-state index in [1.54, 1.807) is 22.9 Å². The first kappa shape index (κ1) is 16.0. The van der Waals surface area contributed by atoms with E-state index < -0.39 is 0 Å². The van der Waals surface area contributed by atoms with Gasteiger partial charge < -0.3 is 15.0 Å². The molecule has 1 amide bonds. The summed E-state index contributed by atoms with van der Waals surface area (Å²) < 4.78 is 14.6. The second-order valence-electron chi connectivity index (χ2n) is 5.53. The Labute approximate surface area is 137 Å². The van der Waals surface area contributed by atoms with Gasteiger partial charge in [0.1, 0.15) is 12.4 Å². The van der Waals surface area contributed by atoms with Crippen molar-refractivity contribution in [1.29, 1.82) is 0 Å². The van der Waals surface area contributed by atoms with Crippen molar-refractivity contribution in [3.05, 3.63) is 47.5 Å². The largest absolute Gasteiger partial charge is 0.390 e. The molecule has 1 aliphatic rings. The second kappa shape index (κ2) is 7.14. The zero-order chi connectivity index (χ0) is 16.2. The molecule has 2 aromatic rings. The summed E-state index contributed by atoms with van der Waals surface area (Å²) in [5.74, 6) is 0.287. The lowest BCUT2D eigenvalue weighted by Gasteiger charge is -2.11. The normalized spacial score (nSPS) is 14.0. The number of aliphatic hydroxyl groups excluding tert-OH is 1. The third-order valence-corrected chi connectivity index (χ3v) is 4.65. The molecule has 2 N–H and O–H groups in total. The highest BCUT2D eigenvalue weighted by Gasteiger charge is 2.24. The summed E-state index contributed by atoms with van der Waals surface area (Å²) in [5.41, 5.74) is 1.58. The first-order valence-corrected chi connectivity index (χ1v) is 8.46. The molecule has 3 rings (SSSR count). The Kier molecular flexibility index (Phi) is 4.97. The third-order valence-electron chi connectivity index (χ3n) is 3.59. The van der Waals surface area contributed by atoms with Crippen LogP contribution in [0.4, 0.5) is 4.39 Å².